The van der Waals surface area contributed by atoms with Crippen LogP contribution in [-0.2, 0) is 9.73 Å². The van der Waals surface area contributed by atoms with Gasteiger partial charge in [-0.05, 0) is 44.1 Å². The molecule has 1 unspecified atom stereocenters. The van der Waals surface area contributed by atoms with E-state index in [4.69, 9.17) is 0 Å². The molecule has 1 aliphatic carbocycles. The van der Waals surface area contributed by atoms with Gasteiger partial charge in [0.1, 0.15) is 17.8 Å². The molecule has 7 heteroatoms. The lowest BCUT2D eigenvalue weighted by atomic mass is 9.86. The maximum atomic E-state index is 12.6. The number of aromatic amines is 1. The minimum Gasteiger partial charge on any atom is -0.356 e. The summed E-state index contributed by atoms with van der Waals surface area (Å²) < 4.78 is 17.0. The average molecular weight is 347 g/mol. The van der Waals surface area contributed by atoms with Crippen molar-refractivity contribution in [3.63, 3.8) is 0 Å². The van der Waals surface area contributed by atoms with Gasteiger partial charge >= 0.3 is 0 Å². The summed E-state index contributed by atoms with van der Waals surface area (Å²) in [6.07, 6.45) is 9.10. The zero-order valence-electron chi connectivity index (χ0n) is 14.1. The number of aromatic nitrogens is 3. The van der Waals surface area contributed by atoms with E-state index in [0.717, 1.165) is 67.0 Å². The Labute approximate surface area is 143 Å². The zero-order valence-corrected chi connectivity index (χ0v) is 15.0. The molecule has 1 N–H and O–H groups in total. The summed E-state index contributed by atoms with van der Waals surface area (Å²) in [6.45, 7) is 0.803. The summed E-state index contributed by atoms with van der Waals surface area (Å²) in [4.78, 5) is 14.2. The number of anilines is 1. The number of nitrogens with zero attached hydrogens (tertiary/aromatic N) is 4. The molecule has 0 bridgehead atoms. The molecule has 24 heavy (non-hydrogen) atoms. The van der Waals surface area contributed by atoms with E-state index in [1.54, 1.807) is 6.33 Å². The van der Waals surface area contributed by atoms with Crippen molar-refractivity contribution in [2.75, 3.05) is 30.0 Å². The molecule has 1 aliphatic heterocycles. The van der Waals surface area contributed by atoms with E-state index < -0.39 is 9.73 Å². The second kappa shape index (κ2) is 6.35. The van der Waals surface area contributed by atoms with Crippen molar-refractivity contribution in [1.82, 2.24) is 15.0 Å². The first-order valence-corrected chi connectivity index (χ1v) is 10.7. The first-order chi connectivity index (χ1) is 11.6. The van der Waals surface area contributed by atoms with E-state index in [1.165, 1.54) is 0 Å². The van der Waals surface area contributed by atoms with Gasteiger partial charge in [0.2, 0.25) is 0 Å². The van der Waals surface area contributed by atoms with Gasteiger partial charge in [0, 0.05) is 47.1 Å². The molecular formula is C17H25N5OS. The number of hydrogen-bond acceptors (Lipinski definition) is 5. The first kappa shape index (κ1) is 15.9. The zero-order chi connectivity index (χ0) is 16.6. The fourth-order valence-electron chi connectivity index (χ4n) is 4.10. The van der Waals surface area contributed by atoms with Gasteiger partial charge in [-0.2, -0.15) is 0 Å². The van der Waals surface area contributed by atoms with E-state index >= 15 is 0 Å². The van der Waals surface area contributed by atoms with Crippen LogP contribution in [0, 0.1) is 5.92 Å². The fourth-order valence-corrected chi connectivity index (χ4v) is 6.61. The van der Waals surface area contributed by atoms with E-state index in [1.807, 2.05) is 12.3 Å². The van der Waals surface area contributed by atoms with Crippen LogP contribution in [0.25, 0.3) is 11.0 Å². The summed E-state index contributed by atoms with van der Waals surface area (Å²) in [6, 6.07) is 2.53. The maximum Gasteiger partial charge on any atom is 0.142 e. The Hall–Kier alpha value is -1.63. The Balaban J connectivity index is 1.42. The molecule has 2 aliphatic rings. The average Bonchev–Trinajstić information content (AvgIpc) is 3.23. The van der Waals surface area contributed by atoms with Crippen molar-refractivity contribution in [3.05, 3.63) is 18.6 Å². The van der Waals surface area contributed by atoms with Crippen LogP contribution in [0.2, 0.25) is 0 Å². The number of hydrogen-bond donors (Lipinski definition) is 1. The van der Waals surface area contributed by atoms with E-state index in [9.17, 15) is 4.21 Å². The largest absolute Gasteiger partial charge is 0.356 e. The Morgan fingerprint density at radius 2 is 2.12 bits per heavy atom. The topological polar surface area (TPSA) is 74.2 Å². The summed E-state index contributed by atoms with van der Waals surface area (Å²) in [5.41, 5.74) is 0.889. The molecule has 1 atom stereocenters. The molecule has 4 rings (SSSR count). The van der Waals surface area contributed by atoms with E-state index in [-0.39, 0.29) is 0 Å². The molecule has 1 fully saturated rings. The highest BCUT2D eigenvalue weighted by Gasteiger charge is 2.28. The molecular weight excluding hydrogens is 322 g/mol. The van der Waals surface area contributed by atoms with Gasteiger partial charge in [-0.15, -0.1) is 0 Å². The molecule has 3 heterocycles. The van der Waals surface area contributed by atoms with Gasteiger partial charge < -0.3 is 9.88 Å². The van der Waals surface area contributed by atoms with Gasteiger partial charge in [-0.3, -0.25) is 0 Å². The van der Waals surface area contributed by atoms with Crippen molar-refractivity contribution >= 4 is 26.6 Å². The van der Waals surface area contributed by atoms with Crippen molar-refractivity contribution in [3.8, 4) is 0 Å². The van der Waals surface area contributed by atoms with Gasteiger partial charge in [0.25, 0.3) is 0 Å². The van der Waals surface area contributed by atoms with Crippen LogP contribution in [-0.4, -0.2) is 50.3 Å². The minimum atomic E-state index is -1.88. The van der Waals surface area contributed by atoms with Gasteiger partial charge in [-0.25, -0.2) is 18.5 Å². The number of nitrogens with one attached hydrogen (secondary N) is 1. The van der Waals surface area contributed by atoms with Crippen LogP contribution < -0.4 is 4.90 Å². The number of H-pyrrole nitrogens is 1. The number of rotatable bonds is 4. The predicted molar refractivity (Wildman–Crippen MR) is 97.8 cm³/mol. The van der Waals surface area contributed by atoms with Crippen LogP contribution in [0.3, 0.4) is 0 Å². The molecule has 0 radical (unpaired) electrons. The van der Waals surface area contributed by atoms with Crippen LogP contribution in [0.1, 0.15) is 32.1 Å². The Bertz CT molecular complexity index is 830. The molecule has 2 aromatic rings. The van der Waals surface area contributed by atoms with Crippen LogP contribution in [0.15, 0.2) is 23.0 Å². The highest BCUT2D eigenvalue weighted by atomic mass is 32.2. The van der Waals surface area contributed by atoms with Crippen molar-refractivity contribution in [2.45, 2.75) is 38.1 Å². The second-order valence-electron chi connectivity index (χ2n) is 7.07. The van der Waals surface area contributed by atoms with E-state index in [0.29, 0.717) is 12.0 Å². The minimum absolute atomic E-state index is 0.493. The third-order valence-electron chi connectivity index (χ3n) is 5.48. The molecule has 0 spiro atoms. The standard InChI is InChI=1S/C17H25N5OS/c1-22(17-15-7-9-18-16(15)19-12-20-17)14-5-3-13(4-6-14)11-24(23)10-2-8-21-24/h7,9,12-14H,2-6,8,10-11H2,1H3,(H,18,19,20). The SMILES string of the molecule is CN(c1ncnc2[nH]ccc12)C1CCC(CS2(=O)=NCCC2)CC1. The molecule has 6 nitrogen and oxygen atoms in total. The monoisotopic (exact) mass is 347 g/mol. The molecule has 0 aromatic carbocycles. The Morgan fingerprint density at radius 1 is 1.29 bits per heavy atom. The quantitative estimate of drug-likeness (QED) is 0.923. The molecule has 130 valence electrons. The third kappa shape index (κ3) is 3.01. The Kier molecular flexibility index (Phi) is 4.20. The lowest BCUT2D eigenvalue weighted by Crippen LogP contribution is -2.37. The lowest BCUT2D eigenvalue weighted by molar-refractivity contribution is 0.342. The highest BCUT2D eigenvalue weighted by molar-refractivity contribution is 7.93. The predicted octanol–water partition coefficient (Wildman–Crippen LogP) is 2.82. The molecule has 2 aromatic heterocycles. The molecule has 1 saturated carbocycles. The smallest absolute Gasteiger partial charge is 0.142 e. The summed E-state index contributed by atoms with van der Waals surface area (Å²) in [5.74, 6) is 3.21. The molecule has 0 saturated heterocycles. The van der Waals surface area contributed by atoms with Gasteiger partial charge in [-0.1, -0.05) is 0 Å². The van der Waals surface area contributed by atoms with Gasteiger partial charge in [0.15, 0.2) is 0 Å². The number of fused-ring (bicyclic) bond motifs is 1. The van der Waals surface area contributed by atoms with Gasteiger partial charge in [0.05, 0.1) is 5.39 Å². The van der Waals surface area contributed by atoms with Crippen molar-refractivity contribution in [1.29, 1.82) is 0 Å². The second-order valence-corrected chi connectivity index (χ2v) is 9.62. The maximum absolute atomic E-state index is 12.6. The van der Waals surface area contributed by atoms with E-state index in [2.05, 4.69) is 31.3 Å². The summed E-state index contributed by atoms with van der Waals surface area (Å²) in [5, 5.41) is 1.08. The van der Waals surface area contributed by atoms with Crippen LogP contribution in [0.4, 0.5) is 5.82 Å². The Morgan fingerprint density at radius 3 is 2.88 bits per heavy atom. The first-order valence-electron chi connectivity index (χ1n) is 8.84. The summed E-state index contributed by atoms with van der Waals surface area (Å²) in [7, 11) is 0.253. The molecule has 0 amide bonds. The lowest BCUT2D eigenvalue weighted by Gasteiger charge is -2.35. The highest BCUT2D eigenvalue weighted by Crippen LogP contribution is 2.32. The third-order valence-corrected chi connectivity index (χ3v) is 8.05. The van der Waals surface area contributed by atoms with Crippen LogP contribution in [0.5, 0.6) is 0 Å². The normalized spacial score (nSPS) is 30.4. The summed E-state index contributed by atoms with van der Waals surface area (Å²) >= 11 is 0. The fraction of sp³-hybridized carbons (Fsp3) is 0.647. The van der Waals surface area contributed by atoms with Crippen molar-refractivity contribution < 1.29 is 4.21 Å². The van der Waals surface area contributed by atoms with Crippen molar-refractivity contribution in [2.24, 2.45) is 10.3 Å². The van der Waals surface area contributed by atoms with Crippen LogP contribution >= 0.6 is 0 Å².